The second kappa shape index (κ2) is 7.66. The minimum Gasteiger partial charge on any atom is -0.358 e. The average molecular weight is 353 g/mol. The SMILES string of the molecule is Cc1ccc(NC(=S)NCc2cccc(N3CCCC3=O)c2)cc1C. The number of rotatable bonds is 4. The molecule has 0 bridgehead atoms. The highest BCUT2D eigenvalue weighted by Crippen LogP contribution is 2.22. The van der Waals surface area contributed by atoms with E-state index in [1.54, 1.807) is 0 Å². The molecule has 2 N–H and O–H groups in total. The van der Waals surface area contributed by atoms with Gasteiger partial charge in [0.1, 0.15) is 0 Å². The fourth-order valence-corrected chi connectivity index (χ4v) is 3.12. The van der Waals surface area contributed by atoms with E-state index >= 15 is 0 Å². The summed E-state index contributed by atoms with van der Waals surface area (Å²) >= 11 is 5.38. The van der Waals surface area contributed by atoms with Crippen LogP contribution in [0.2, 0.25) is 0 Å². The summed E-state index contributed by atoms with van der Waals surface area (Å²) in [5.41, 5.74) is 5.54. The van der Waals surface area contributed by atoms with E-state index < -0.39 is 0 Å². The van der Waals surface area contributed by atoms with Crippen molar-refractivity contribution in [2.24, 2.45) is 0 Å². The van der Waals surface area contributed by atoms with Gasteiger partial charge in [-0.1, -0.05) is 18.2 Å². The zero-order chi connectivity index (χ0) is 17.8. The summed E-state index contributed by atoms with van der Waals surface area (Å²) < 4.78 is 0. The first-order valence-corrected chi connectivity index (χ1v) is 8.95. The van der Waals surface area contributed by atoms with Crippen LogP contribution < -0.4 is 15.5 Å². The van der Waals surface area contributed by atoms with E-state index in [9.17, 15) is 4.79 Å². The molecule has 1 heterocycles. The van der Waals surface area contributed by atoms with Crippen molar-refractivity contribution < 1.29 is 4.79 Å². The summed E-state index contributed by atoms with van der Waals surface area (Å²) in [4.78, 5) is 13.7. The molecule has 0 unspecified atom stereocenters. The number of benzene rings is 2. The van der Waals surface area contributed by atoms with E-state index in [-0.39, 0.29) is 5.91 Å². The molecular weight excluding hydrogens is 330 g/mol. The predicted octanol–water partition coefficient (Wildman–Crippen LogP) is 3.92. The van der Waals surface area contributed by atoms with Crippen LogP contribution in [0.25, 0.3) is 0 Å². The van der Waals surface area contributed by atoms with Crippen LogP contribution in [0.1, 0.15) is 29.5 Å². The molecule has 4 nitrogen and oxygen atoms in total. The fourth-order valence-electron chi connectivity index (χ4n) is 2.93. The summed E-state index contributed by atoms with van der Waals surface area (Å²) in [5.74, 6) is 0.206. The number of carbonyl (C=O) groups is 1. The molecule has 0 atom stereocenters. The lowest BCUT2D eigenvalue weighted by atomic mass is 10.1. The van der Waals surface area contributed by atoms with Gasteiger partial charge in [-0.05, 0) is 73.4 Å². The van der Waals surface area contributed by atoms with Crippen LogP contribution in [0, 0.1) is 13.8 Å². The largest absolute Gasteiger partial charge is 0.358 e. The molecule has 0 spiro atoms. The van der Waals surface area contributed by atoms with E-state index in [1.807, 2.05) is 29.2 Å². The maximum atomic E-state index is 11.9. The zero-order valence-corrected chi connectivity index (χ0v) is 15.5. The molecule has 0 saturated carbocycles. The van der Waals surface area contributed by atoms with Gasteiger partial charge < -0.3 is 15.5 Å². The topological polar surface area (TPSA) is 44.4 Å². The van der Waals surface area contributed by atoms with Gasteiger partial charge in [0, 0.05) is 30.9 Å². The van der Waals surface area contributed by atoms with Crippen molar-refractivity contribution in [2.75, 3.05) is 16.8 Å². The first-order chi connectivity index (χ1) is 12.0. The average Bonchev–Trinajstić information content (AvgIpc) is 3.03. The Balaban J connectivity index is 1.58. The standard InChI is InChI=1S/C20H23N3OS/c1-14-8-9-17(11-15(14)2)22-20(25)21-13-16-5-3-6-18(12-16)23-10-4-7-19(23)24/h3,5-6,8-9,11-12H,4,7,10,13H2,1-2H3,(H2,21,22,25). The normalized spacial score (nSPS) is 13.8. The summed E-state index contributed by atoms with van der Waals surface area (Å²) in [6.07, 6.45) is 1.58. The van der Waals surface area contributed by atoms with Crippen molar-refractivity contribution in [1.29, 1.82) is 0 Å². The van der Waals surface area contributed by atoms with Crippen LogP contribution >= 0.6 is 12.2 Å². The van der Waals surface area contributed by atoms with Crippen LogP contribution in [-0.4, -0.2) is 17.6 Å². The van der Waals surface area contributed by atoms with Gasteiger partial charge in [-0.25, -0.2) is 0 Å². The molecule has 1 aliphatic heterocycles. The highest BCUT2D eigenvalue weighted by Gasteiger charge is 2.21. The quantitative estimate of drug-likeness (QED) is 0.818. The van der Waals surface area contributed by atoms with Crippen LogP contribution in [0.15, 0.2) is 42.5 Å². The first kappa shape index (κ1) is 17.4. The Morgan fingerprint density at radius 2 is 2.00 bits per heavy atom. The minimum atomic E-state index is 0.206. The number of carbonyl (C=O) groups excluding carboxylic acids is 1. The number of aryl methyl sites for hydroxylation is 2. The summed E-state index contributed by atoms with van der Waals surface area (Å²) in [6, 6.07) is 14.2. The molecule has 130 valence electrons. The van der Waals surface area contributed by atoms with E-state index in [1.165, 1.54) is 11.1 Å². The number of hydrogen-bond donors (Lipinski definition) is 2. The van der Waals surface area contributed by atoms with Gasteiger partial charge in [0.15, 0.2) is 5.11 Å². The van der Waals surface area contributed by atoms with Crippen molar-refractivity contribution >= 4 is 34.6 Å². The lowest BCUT2D eigenvalue weighted by Gasteiger charge is -2.17. The lowest BCUT2D eigenvalue weighted by molar-refractivity contribution is -0.117. The smallest absolute Gasteiger partial charge is 0.227 e. The molecule has 1 saturated heterocycles. The van der Waals surface area contributed by atoms with Crippen molar-refractivity contribution in [1.82, 2.24) is 5.32 Å². The Hall–Kier alpha value is -2.40. The second-order valence-electron chi connectivity index (χ2n) is 6.43. The first-order valence-electron chi connectivity index (χ1n) is 8.54. The van der Waals surface area contributed by atoms with E-state index in [0.717, 1.165) is 29.9 Å². The number of hydrogen-bond acceptors (Lipinski definition) is 2. The Morgan fingerprint density at radius 3 is 2.72 bits per heavy atom. The number of thiocarbonyl (C=S) groups is 1. The van der Waals surface area contributed by atoms with E-state index in [2.05, 4.69) is 42.7 Å². The summed E-state index contributed by atoms with van der Waals surface area (Å²) in [5, 5.41) is 7.03. The highest BCUT2D eigenvalue weighted by atomic mass is 32.1. The fraction of sp³-hybridized carbons (Fsp3) is 0.300. The van der Waals surface area contributed by atoms with Crippen molar-refractivity contribution in [3.8, 4) is 0 Å². The third-order valence-electron chi connectivity index (χ3n) is 4.51. The number of amides is 1. The maximum Gasteiger partial charge on any atom is 0.227 e. The Kier molecular flexibility index (Phi) is 5.34. The predicted molar refractivity (Wildman–Crippen MR) is 107 cm³/mol. The van der Waals surface area contributed by atoms with Crippen molar-refractivity contribution in [2.45, 2.75) is 33.2 Å². The number of nitrogens with one attached hydrogen (secondary N) is 2. The molecule has 1 fully saturated rings. The van der Waals surface area contributed by atoms with Crippen LogP contribution in [0.5, 0.6) is 0 Å². The third-order valence-corrected chi connectivity index (χ3v) is 4.76. The molecule has 2 aromatic carbocycles. The van der Waals surface area contributed by atoms with E-state index in [4.69, 9.17) is 12.2 Å². The Bertz CT molecular complexity index is 803. The molecular formula is C20H23N3OS. The molecule has 1 amide bonds. The van der Waals surface area contributed by atoms with Crippen LogP contribution in [0.4, 0.5) is 11.4 Å². The lowest BCUT2D eigenvalue weighted by Crippen LogP contribution is -2.28. The molecule has 5 heteroatoms. The minimum absolute atomic E-state index is 0.206. The number of nitrogens with zero attached hydrogens (tertiary/aromatic N) is 1. The summed E-state index contributed by atoms with van der Waals surface area (Å²) in [6.45, 7) is 5.60. The summed E-state index contributed by atoms with van der Waals surface area (Å²) in [7, 11) is 0. The van der Waals surface area contributed by atoms with E-state index in [0.29, 0.717) is 18.1 Å². The van der Waals surface area contributed by atoms with Gasteiger partial charge in [-0.3, -0.25) is 4.79 Å². The molecule has 3 rings (SSSR count). The van der Waals surface area contributed by atoms with Crippen molar-refractivity contribution in [3.05, 3.63) is 59.2 Å². The van der Waals surface area contributed by atoms with Gasteiger partial charge in [0.05, 0.1) is 0 Å². The second-order valence-corrected chi connectivity index (χ2v) is 6.83. The third kappa shape index (κ3) is 4.37. The molecule has 0 radical (unpaired) electrons. The highest BCUT2D eigenvalue weighted by molar-refractivity contribution is 7.80. The van der Waals surface area contributed by atoms with Crippen molar-refractivity contribution in [3.63, 3.8) is 0 Å². The molecule has 0 aromatic heterocycles. The van der Waals surface area contributed by atoms with Gasteiger partial charge in [0.2, 0.25) is 5.91 Å². The number of anilines is 2. The molecule has 25 heavy (non-hydrogen) atoms. The van der Waals surface area contributed by atoms with Gasteiger partial charge in [0.25, 0.3) is 0 Å². The zero-order valence-electron chi connectivity index (χ0n) is 14.6. The Labute approximate surface area is 154 Å². The van der Waals surface area contributed by atoms with Gasteiger partial charge >= 0.3 is 0 Å². The van der Waals surface area contributed by atoms with Crippen LogP contribution in [-0.2, 0) is 11.3 Å². The Morgan fingerprint density at radius 1 is 1.16 bits per heavy atom. The van der Waals surface area contributed by atoms with Crippen LogP contribution in [0.3, 0.4) is 0 Å². The molecule has 2 aromatic rings. The van der Waals surface area contributed by atoms with Gasteiger partial charge in [-0.2, -0.15) is 0 Å². The maximum absolute atomic E-state index is 11.9. The van der Waals surface area contributed by atoms with Gasteiger partial charge in [-0.15, -0.1) is 0 Å². The monoisotopic (exact) mass is 353 g/mol. The molecule has 1 aliphatic rings. The molecule has 0 aliphatic carbocycles.